The molecule has 0 radical (unpaired) electrons. The Balaban J connectivity index is 2.19. The largest absolute Gasteiger partial charge is 0.300 e. The van der Waals surface area contributed by atoms with Crippen molar-refractivity contribution in [3.05, 3.63) is 35.9 Å². The summed E-state index contributed by atoms with van der Waals surface area (Å²) in [6, 6.07) is 9.87. The third kappa shape index (κ3) is 5.81. The fourth-order valence-electron chi connectivity index (χ4n) is 1.47. The number of benzene rings is 1. The Kier molecular flexibility index (Phi) is 6.01. The van der Waals surface area contributed by atoms with Gasteiger partial charge in [0, 0.05) is 28.7 Å². The number of carbonyl (C=O) groups excluding carboxylic acids is 1. The van der Waals surface area contributed by atoms with E-state index in [0.29, 0.717) is 17.9 Å². The van der Waals surface area contributed by atoms with Crippen molar-refractivity contribution in [2.45, 2.75) is 31.9 Å². The van der Waals surface area contributed by atoms with Gasteiger partial charge in [0.1, 0.15) is 5.78 Å². The van der Waals surface area contributed by atoms with Crippen LogP contribution in [0.3, 0.4) is 0 Å². The highest BCUT2D eigenvalue weighted by Gasteiger charge is 2.02. The molecular formula is C13H18O2S. The maximum absolute atomic E-state index is 11.7. The van der Waals surface area contributed by atoms with Crippen LogP contribution in [0.5, 0.6) is 0 Å². The van der Waals surface area contributed by atoms with E-state index in [-0.39, 0.29) is 5.78 Å². The standard InChI is InChI=1S/C13H18O2S/c1-12(14)7-5-6-10-16(15)11-13-8-3-2-4-9-13/h2-4,8-9H,5-7,10-11H2,1H3. The van der Waals surface area contributed by atoms with Gasteiger partial charge in [-0.15, -0.1) is 0 Å². The van der Waals surface area contributed by atoms with Crippen molar-refractivity contribution in [2.75, 3.05) is 5.75 Å². The predicted molar refractivity (Wildman–Crippen MR) is 67.7 cm³/mol. The van der Waals surface area contributed by atoms with Crippen LogP contribution >= 0.6 is 0 Å². The average Bonchev–Trinajstić information content (AvgIpc) is 2.25. The Morgan fingerprint density at radius 2 is 1.88 bits per heavy atom. The number of rotatable bonds is 7. The molecule has 1 rings (SSSR count). The minimum Gasteiger partial charge on any atom is -0.300 e. The second-order valence-electron chi connectivity index (χ2n) is 3.93. The normalized spacial score (nSPS) is 12.3. The Hall–Kier alpha value is -0.960. The summed E-state index contributed by atoms with van der Waals surface area (Å²) in [5.74, 6) is 1.54. The van der Waals surface area contributed by atoms with Crippen LogP contribution in [0.1, 0.15) is 31.7 Å². The van der Waals surface area contributed by atoms with Crippen molar-refractivity contribution < 1.29 is 9.00 Å². The molecule has 0 aromatic heterocycles. The van der Waals surface area contributed by atoms with Gasteiger partial charge in [0.05, 0.1) is 0 Å². The van der Waals surface area contributed by atoms with Gasteiger partial charge in [0.2, 0.25) is 0 Å². The molecule has 1 aromatic rings. The summed E-state index contributed by atoms with van der Waals surface area (Å²) in [5, 5.41) is 0. The molecule has 1 aromatic carbocycles. The summed E-state index contributed by atoms with van der Waals surface area (Å²) in [5.41, 5.74) is 1.12. The quantitative estimate of drug-likeness (QED) is 0.684. The minimum atomic E-state index is -0.797. The molecule has 0 aliphatic rings. The molecule has 88 valence electrons. The second kappa shape index (κ2) is 7.34. The fourth-order valence-corrected chi connectivity index (χ4v) is 2.70. The smallest absolute Gasteiger partial charge is 0.129 e. The Morgan fingerprint density at radius 3 is 2.50 bits per heavy atom. The van der Waals surface area contributed by atoms with Gasteiger partial charge in [0.25, 0.3) is 0 Å². The summed E-state index contributed by atoms with van der Waals surface area (Å²) in [6.45, 7) is 1.60. The molecule has 0 heterocycles. The monoisotopic (exact) mass is 238 g/mol. The van der Waals surface area contributed by atoms with Gasteiger partial charge in [-0.1, -0.05) is 30.3 Å². The Morgan fingerprint density at radius 1 is 1.19 bits per heavy atom. The first-order chi connectivity index (χ1) is 7.68. The van der Waals surface area contributed by atoms with Crippen molar-refractivity contribution >= 4 is 16.6 Å². The van der Waals surface area contributed by atoms with E-state index in [9.17, 15) is 9.00 Å². The first-order valence-corrected chi connectivity index (χ1v) is 7.05. The molecule has 1 atom stereocenters. The summed E-state index contributed by atoms with van der Waals surface area (Å²) >= 11 is 0. The molecule has 0 spiro atoms. The van der Waals surface area contributed by atoms with Gasteiger partial charge in [-0.2, -0.15) is 0 Å². The van der Waals surface area contributed by atoms with Gasteiger partial charge in [-0.25, -0.2) is 0 Å². The lowest BCUT2D eigenvalue weighted by atomic mass is 10.2. The summed E-state index contributed by atoms with van der Waals surface area (Å²) in [6.07, 6.45) is 2.34. The van der Waals surface area contributed by atoms with Crippen LogP contribution in [0.4, 0.5) is 0 Å². The maximum atomic E-state index is 11.7. The van der Waals surface area contributed by atoms with Gasteiger partial charge >= 0.3 is 0 Å². The van der Waals surface area contributed by atoms with E-state index in [2.05, 4.69) is 0 Å². The lowest BCUT2D eigenvalue weighted by Crippen LogP contribution is -2.02. The number of carbonyl (C=O) groups is 1. The number of ketones is 1. The molecule has 16 heavy (non-hydrogen) atoms. The van der Waals surface area contributed by atoms with Crippen molar-refractivity contribution in [1.29, 1.82) is 0 Å². The van der Waals surface area contributed by atoms with Crippen molar-refractivity contribution in [3.63, 3.8) is 0 Å². The Labute approximate surface area is 99.5 Å². The maximum Gasteiger partial charge on any atom is 0.129 e. The third-order valence-corrected chi connectivity index (χ3v) is 3.72. The van der Waals surface area contributed by atoms with E-state index in [1.807, 2.05) is 30.3 Å². The van der Waals surface area contributed by atoms with Crippen LogP contribution in [0.25, 0.3) is 0 Å². The molecule has 0 bridgehead atoms. The fraction of sp³-hybridized carbons (Fsp3) is 0.462. The van der Waals surface area contributed by atoms with Crippen molar-refractivity contribution in [2.24, 2.45) is 0 Å². The number of hydrogen-bond donors (Lipinski definition) is 0. The highest BCUT2D eigenvalue weighted by Crippen LogP contribution is 2.05. The van der Waals surface area contributed by atoms with Gasteiger partial charge < -0.3 is 4.79 Å². The van der Waals surface area contributed by atoms with E-state index >= 15 is 0 Å². The molecule has 0 saturated heterocycles. The molecular weight excluding hydrogens is 220 g/mol. The molecule has 0 aliphatic heterocycles. The second-order valence-corrected chi connectivity index (χ2v) is 5.51. The van der Waals surface area contributed by atoms with Gasteiger partial charge in [0.15, 0.2) is 0 Å². The lowest BCUT2D eigenvalue weighted by molar-refractivity contribution is -0.117. The molecule has 0 fully saturated rings. The zero-order chi connectivity index (χ0) is 11.8. The molecule has 3 heteroatoms. The molecule has 0 saturated carbocycles. The molecule has 0 N–H and O–H groups in total. The predicted octanol–water partition coefficient (Wildman–Crippen LogP) is 2.69. The first-order valence-electron chi connectivity index (χ1n) is 5.57. The zero-order valence-electron chi connectivity index (χ0n) is 9.65. The highest BCUT2D eigenvalue weighted by atomic mass is 32.2. The van der Waals surface area contributed by atoms with Crippen LogP contribution in [-0.4, -0.2) is 15.7 Å². The van der Waals surface area contributed by atoms with E-state index in [1.54, 1.807) is 6.92 Å². The average molecular weight is 238 g/mol. The van der Waals surface area contributed by atoms with Crippen LogP contribution in [0.15, 0.2) is 30.3 Å². The SMILES string of the molecule is CC(=O)CCCCS(=O)Cc1ccccc1. The van der Waals surface area contributed by atoms with Crippen LogP contribution in [-0.2, 0) is 21.3 Å². The van der Waals surface area contributed by atoms with E-state index in [1.165, 1.54) is 0 Å². The van der Waals surface area contributed by atoms with E-state index < -0.39 is 10.8 Å². The Bertz CT molecular complexity index is 346. The highest BCUT2D eigenvalue weighted by molar-refractivity contribution is 7.84. The van der Waals surface area contributed by atoms with Crippen LogP contribution < -0.4 is 0 Å². The summed E-state index contributed by atoms with van der Waals surface area (Å²) in [4.78, 5) is 10.7. The number of Topliss-reactive ketones (excluding diaryl/α,β-unsaturated/α-hetero) is 1. The topological polar surface area (TPSA) is 34.1 Å². The first kappa shape index (κ1) is 13.1. The lowest BCUT2D eigenvalue weighted by Gasteiger charge is -2.02. The van der Waals surface area contributed by atoms with Gasteiger partial charge in [-0.05, 0) is 25.3 Å². The molecule has 1 unspecified atom stereocenters. The van der Waals surface area contributed by atoms with Gasteiger partial charge in [-0.3, -0.25) is 4.21 Å². The zero-order valence-corrected chi connectivity index (χ0v) is 10.5. The summed E-state index contributed by atoms with van der Waals surface area (Å²) in [7, 11) is -0.797. The number of unbranched alkanes of at least 4 members (excludes halogenated alkanes) is 1. The number of hydrogen-bond acceptors (Lipinski definition) is 2. The van der Waals surface area contributed by atoms with Crippen LogP contribution in [0, 0.1) is 0 Å². The van der Waals surface area contributed by atoms with Crippen molar-refractivity contribution in [1.82, 2.24) is 0 Å². The molecule has 0 amide bonds. The van der Waals surface area contributed by atoms with Crippen LogP contribution in [0.2, 0.25) is 0 Å². The van der Waals surface area contributed by atoms with E-state index in [0.717, 1.165) is 18.4 Å². The molecule has 0 aliphatic carbocycles. The molecule has 2 nitrogen and oxygen atoms in total. The van der Waals surface area contributed by atoms with E-state index in [4.69, 9.17) is 0 Å². The third-order valence-electron chi connectivity index (χ3n) is 2.32. The summed E-state index contributed by atoms with van der Waals surface area (Å²) < 4.78 is 11.7. The minimum absolute atomic E-state index is 0.217. The van der Waals surface area contributed by atoms with Crippen molar-refractivity contribution in [3.8, 4) is 0 Å².